The van der Waals surface area contributed by atoms with Crippen LogP contribution in [0.4, 0.5) is 0 Å². The minimum atomic E-state index is -1.06. The molecule has 7 nitrogen and oxygen atoms in total. The Morgan fingerprint density at radius 3 is 2.62 bits per heavy atom. The highest BCUT2D eigenvalue weighted by Crippen LogP contribution is 2.19. The number of Topliss-reactive ketones (excluding diaryl/α,β-unsaturated/α-hetero) is 1. The summed E-state index contributed by atoms with van der Waals surface area (Å²) < 4.78 is 9.98. The average Bonchev–Trinajstić information content (AvgIpc) is 3.03. The highest BCUT2D eigenvalue weighted by atomic mass is 16.6. The minimum Gasteiger partial charge on any atom is -0.404 e. The molecule has 2 atom stereocenters. The number of hydrogen-bond acceptors (Lipinski definition) is 7. The predicted molar refractivity (Wildman–Crippen MR) is 87.1 cm³/mol. The SMILES string of the molecule is CCCC(=O)Oc1cc(C(N)C(=O)[C@@H](N)Cc2ccccc2)on1. The van der Waals surface area contributed by atoms with Gasteiger partial charge in [-0.15, -0.1) is 0 Å². The standard InChI is InChI=1S/C17H21N3O4/c1-2-6-15(21)23-14-10-13(24-20-14)16(19)17(22)12(18)9-11-7-4-3-5-8-11/h3-5,7-8,10,12,16H,2,6,9,18-19H2,1H3/t12-,16?/m0/s1. The number of aromatic nitrogens is 1. The lowest BCUT2D eigenvalue weighted by molar-refractivity contribution is -0.134. The van der Waals surface area contributed by atoms with Crippen molar-refractivity contribution in [1.29, 1.82) is 0 Å². The third-order valence-electron chi connectivity index (χ3n) is 3.46. The smallest absolute Gasteiger partial charge is 0.312 e. The van der Waals surface area contributed by atoms with Crippen LogP contribution in [0.1, 0.15) is 37.1 Å². The molecule has 2 rings (SSSR count). The van der Waals surface area contributed by atoms with Crippen LogP contribution in [0.3, 0.4) is 0 Å². The van der Waals surface area contributed by atoms with Crippen LogP contribution in [-0.4, -0.2) is 23.0 Å². The molecule has 1 aromatic heterocycles. The molecule has 1 aromatic carbocycles. The number of ether oxygens (including phenoxy) is 1. The molecular weight excluding hydrogens is 310 g/mol. The summed E-state index contributed by atoms with van der Waals surface area (Å²) in [6.45, 7) is 1.86. The van der Waals surface area contributed by atoms with Crippen molar-refractivity contribution >= 4 is 11.8 Å². The third-order valence-corrected chi connectivity index (χ3v) is 3.46. The summed E-state index contributed by atoms with van der Waals surface area (Å²) in [6, 6.07) is 8.92. The van der Waals surface area contributed by atoms with Gasteiger partial charge in [-0.05, 0) is 23.6 Å². The molecule has 128 valence electrons. The molecule has 0 aliphatic carbocycles. The van der Waals surface area contributed by atoms with Gasteiger partial charge >= 0.3 is 5.97 Å². The van der Waals surface area contributed by atoms with E-state index in [1.807, 2.05) is 37.3 Å². The van der Waals surface area contributed by atoms with Crippen LogP contribution >= 0.6 is 0 Å². The normalized spacial score (nSPS) is 13.3. The van der Waals surface area contributed by atoms with E-state index in [-0.39, 0.29) is 23.8 Å². The quantitative estimate of drug-likeness (QED) is 0.703. The van der Waals surface area contributed by atoms with Crippen molar-refractivity contribution in [1.82, 2.24) is 5.16 Å². The molecule has 0 bridgehead atoms. The first-order valence-electron chi connectivity index (χ1n) is 7.77. The molecule has 0 spiro atoms. The van der Waals surface area contributed by atoms with Gasteiger partial charge in [0, 0.05) is 12.5 Å². The Morgan fingerprint density at radius 1 is 1.25 bits per heavy atom. The fourth-order valence-corrected chi connectivity index (χ4v) is 2.18. The van der Waals surface area contributed by atoms with Crippen LogP contribution in [0.2, 0.25) is 0 Å². The van der Waals surface area contributed by atoms with Crippen molar-refractivity contribution in [3.8, 4) is 5.88 Å². The fourth-order valence-electron chi connectivity index (χ4n) is 2.18. The molecule has 0 amide bonds. The summed E-state index contributed by atoms with van der Waals surface area (Å²) in [7, 11) is 0. The maximum atomic E-state index is 12.3. The van der Waals surface area contributed by atoms with Crippen LogP contribution in [0.15, 0.2) is 40.9 Å². The molecule has 1 unspecified atom stereocenters. The molecular formula is C17H21N3O4. The van der Waals surface area contributed by atoms with Gasteiger partial charge in [-0.25, -0.2) is 0 Å². The van der Waals surface area contributed by atoms with Gasteiger partial charge in [0.2, 0.25) is 0 Å². The zero-order valence-corrected chi connectivity index (χ0v) is 13.5. The second-order valence-corrected chi connectivity index (χ2v) is 5.47. The molecule has 0 radical (unpaired) electrons. The molecule has 0 aliphatic rings. The van der Waals surface area contributed by atoms with Crippen LogP contribution in [0.5, 0.6) is 5.88 Å². The highest BCUT2D eigenvalue weighted by Gasteiger charge is 2.26. The predicted octanol–water partition coefficient (Wildman–Crippen LogP) is 1.52. The summed E-state index contributed by atoms with van der Waals surface area (Å²) in [5, 5.41) is 3.59. The largest absolute Gasteiger partial charge is 0.404 e. The van der Waals surface area contributed by atoms with Gasteiger partial charge in [0.05, 0.1) is 6.04 Å². The Labute approximate surface area is 139 Å². The van der Waals surface area contributed by atoms with Crippen molar-refractivity contribution in [2.24, 2.45) is 11.5 Å². The monoisotopic (exact) mass is 331 g/mol. The minimum absolute atomic E-state index is 0.0108. The number of hydrogen-bond donors (Lipinski definition) is 2. The maximum Gasteiger partial charge on any atom is 0.312 e. The Hall–Kier alpha value is -2.51. The van der Waals surface area contributed by atoms with E-state index in [1.54, 1.807) is 0 Å². The zero-order valence-electron chi connectivity index (χ0n) is 13.5. The molecule has 0 saturated carbocycles. The van der Waals surface area contributed by atoms with Crippen LogP contribution < -0.4 is 16.2 Å². The fraction of sp³-hybridized carbons (Fsp3) is 0.353. The van der Waals surface area contributed by atoms with E-state index in [9.17, 15) is 9.59 Å². The van der Waals surface area contributed by atoms with Gasteiger partial charge in [-0.2, -0.15) is 0 Å². The van der Waals surface area contributed by atoms with E-state index in [4.69, 9.17) is 20.7 Å². The van der Waals surface area contributed by atoms with Crippen LogP contribution in [0.25, 0.3) is 0 Å². The molecule has 7 heteroatoms. The molecule has 0 saturated heterocycles. The number of rotatable bonds is 8. The summed E-state index contributed by atoms with van der Waals surface area (Å²) in [4.78, 5) is 23.8. The first kappa shape index (κ1) is 17.8. The van der Waals surface area contributed by atoms with Gasteiger partial charge in [-0.1, -0.05) is 37.3 Å². The van der Waals surface area contributed by atoms with Gasteiger partial charge < -0.3 is 20.7 Å². The van der Waals surface area contributed by atoms with Crippen molar-refractivity contribution in [2.45, 2.75) is 38.3 Å². The van der Waals surface area contributed by atoms with E-state index < -0.39 is 18.1 Å². The van der Waals surface area contributed by atoms with Crippen molar-refractivity contribution < 1.29 is 18.8 Å². The number of benzene rings is 1. The summed E-state index contributed by atoms with van der Waals surface area (Å²) in [6.07, 6.45) is 1.31. The Balaban J connectivity index is 1.97. The Kier molecular flexibility index (Phi) is 6.22. The molecule has 2 aromatic rings. The molecule has 1 heterocycles. The van der Waals surface area contributed by atoms with E-state index in [1.165, 1.54) is 6.07 Å². The average molecular weight is 331 g/mol. The van der Waals surface area contributed by atoms with Crippen molar-refractivity contribution in [3.63, 3.8) is 0 Å². The van der Waals surface area contributed by atoms with Crippen molar-refractivity contribution in [2.75, 3.05) is 0 Å². The van der Waals surface area contributed by atoms with E-state index in [2.05, 4.69) is 5.16 Å². The number of esters is 1. The molecule has 4 N–H and O–H groups in total. The molecule has 24 heavy (non-hydrogen) atoms. The second-order valence-electron chi connectivity index (χ2n) is 5.47. The Morgan fingerprint density at radius 2 is 1.96 bits per heavy atom. The lowest BCUT2D eigenvalue weighted by Gasteiger charge is -2.14. The number of ketones is 1. The van der Waals surface area contributed by atoms with Crippen molar-refractivity contribution in [3.05, 3.63) is 47.7 Å². The summed E-state index contributed by atoms with van der Waals surface area (Å²) in [5.74, 6) is -0.689. The third kappa shape index (κ3) is 4.74. The first-order valence-corrected chi connectivity index (χ1v) is 7.77. The number of carbonyl (C=O) groups is 2. The van der Waals surface area contributed by atoms with Gasteiger partial charge in [0.1, 0.15) is 6.04 Å². The lowest BCUT2D eigenvalue weighted by Crippen LogP contribution is -2.39. The topological polar surface area (TPSA) is 121 Å². The number of nitrogens with zero attached hydrogens (tertiary/aromatic N) is 1. The molecule has 0 fully saturated rings. The first-order chi connectivity index (χ1) is 11.5. The Bertz CT molecular complexity index is 684. The maximum absolute atomic E-state index is 12.3. The second kappa shape index (κ2) is 8.37. The number of nitrogens with two attached hydrogens (primary N) is 2. The number of carbonyl (C=O) groups excluding carboxylic acids is 2. The van der Waals surface area contributed by atoms with E-state index in [0.29, 0.717) is 12.8 Å². The van der Waals surface area contributed by atoms with E-state index in [0.717, 1.165) is 5.56 Å². The lowest BCUT2D eigenvalue weighted by atomic mass is 9.98. The van der Waals surface area contributed by atoms with Gasteiger partial charge in [0.25, 0.3) is 5.88 Å². The van der Waals surface area contributed by atoms with Gasteiger partial charge in [-0.3, -0.25) is 9.59 Å². The van der Waals surface area contributed by atoms with Crippen LogP contribution in [-0.2, 0) is 16.0 Å². The molecule has 0 aliphatic heterocycles. The highest BCUT2D eigenvalue weighted by molar-refractivity contribution is 5.89. The van der Waals surface area contributed by atoms with Gasteiger partial charge in [0.15, 0.2) is 11.5 Å². The zero-order chi connectivity index (χ0) is 17.5. The summed E-state index contributed by atoms with van der Waals surface area (Å²) >= 11 is 0. The van der Waals surface area contributed by atoms with Crippen LogP contribution in [0, 0.1) is 0 Å². The summed E-state index contributed by atoms with van der Waals surface area (Å²) in [5.41, 5.74) is 12.8. The van der Waals surface area contributed by atoms with E-state index >= 15 is 0 Å².